The van der Waals surface area contributed by atoms with Crippen molar-refractivity contribution in [1.82, 2.24) is 14.9 Å². The number of amides is 1. The molecule has 0 atom stereocenters. The Bertz CT molecular complexity index is 404. The Labute approximate surface area is 110 Å². The molecule has 0 aliphatic heterocycles. The Morgan fingerprint density at radius 1 is 1.44 bits per heavy atom. The van der Waals surface area contributed by atoms with Crippen LogP contribution < -0.4 is 5.32 Å². The monoisotopic (exact) mass is 271 g/mol. The second kappa shape index (κ2) is 6.44. The molecule has 0 fully saturated rings. The van der Waals surface area contributed by atoms with Gasteiger partial charge in [0.2, 0.25) is 0 Å². The minimum Gasteiger partial charge on any atom is -0.481 e. The van der Waals surface area contributed by atoms with E-state index >= 15 is 0 Å². The van der Waals surface area contributed by atoms with Crippen LogP contribution in [0, 0.1) is 5.41 Å². The van der Waals surface area contributed by atoms with Crippen molar-refractivity contribution >= 4 is 23.4 Å². The lowest BCUT2D eigenvalue weighted by atomic mass is 9.84. The van der Waals surface area contributed by atoms with Gasteiger partial charge in [0.1, 0.15) is 0 Å². The maximum atomic E-state index is 11.6. The van der Waals surface area contributed by atoms with Crippen LogP contribution in [-0.4, -0.2) is 33.1 Å². The number of aliphatic carboxylic acids is 1. The van der Waals surface area contributed by atoms with E-state index in [0.717, 1.165) is 18.0 Å². The molecular formula is C11H17N3O3S. The van der Waals surface area contributed by atoms with Gasteiger partial charge in [-0.15, -0.1) is 5.10 Å². The summed E-state index contributed by atoms with van der Waals surface area (Å²) in [5.74, 6) is -1.03. The first-order valence-electron chi connectivity index (χ1n) is 5.68. The van der Waals surface area contributed by atoms with E-state index in [2.05, 4.69) is 14.9 Å². The number of nitrogens with one attached hydrogen (secondary N) is 1. The number of nitrogens with zero attached hydrogens (tertiary/aromatic N) is 2. The van der Waals surface area contributed by atoms with Gasteiger partial charge in [0.05, 0.1) is 0 Å². The summed E-state index contributed by atoms with van der Waals surface area (Å²) in [6.07, 6.45) is 1.47. The topological polar surface area (TPSA) is 92.2 Å². The fraction of sp³-hybridized carbons (Fsp3) is 0.636. The summed E-state index contributed by atoms with van der Waals surface area (Å²) in [5, 5.41) is 16.6. The maximum Gasteiger partial charge on any atom is 0.303 e. The lowest BCUT2D eigenvalue weighted by molar-refractivity contribution is -0.137. The Kier molecular flexibility index (Phi) is 5.21. The van der Waals surface area contributed by atoms with Crippen LogP contribution in [0.3, 0.4) is 0 Å². The molecule has 2 N–H and O–H groups in total. The normalized spacial score (nSPS) is 11.2. The molecular weight excluding hydrogens is 254 g/mol. The molecule has 0 bridgehead atoms. The van der Waals surface area contributed by atoms with Gasteiger partial charge in [0, 0.05) is 18.3 Å². The minimum absolute atomic E-state index is 0.105. The van der Waals surface area contributed by atoms with Gasteiger partial charge in [-0.25, -0.2) is 0 Å². The summed E-state index contributed by atoms with van der Waals surface area (Å²) >= 11 is 1.13. The molecule has 0 unspecified atom stereocenters. The predicted octanol–water partition coefficient (Wildman–Crippen LogP) is 1.55. The molecule has 100 valence electrons. The van der Waals surface area contributed by atoms with Gasteiger partial charge in [-0.2, -0.15) is 0 Å². The first kappa shape index (κ1) is 14.6. The van der Waals surface area contributed by atoms with E-state index in [1.807, 2.05) is 13.8 Å². The molecule has 1 rings (SSSR count). The van der Waals surface area contributed by atoms with Crippen LogP contribution in [0.1, 0.15) is 43.6 Å². The molecule has 0 aliphatic rings. The zero-order valence-electron chi connectivity index (χ0n) is 10.5. The molecule has 0 spiro atoms. The van der Waals surface area contributed by atoms with Crippen molar-refractivity contribution in [2.45, 2.75) is 33.1 Å². The predicted molar refractivity (Wildman–Crippen MR) is 67.5 cm³/mol. The third kappa shape index (κ3) is 5.22. The van der Waals surface area contributed by atoms with Crippen LogP contribution in [0.15, 0.2) is 5.38 Å². The molecule has 18 heavy (non-hydrogen) atoms. The molecule has 1 aromatic heterocycles. The van der Waals surface area contributed by atoms with E-state index in [4.69, 9.17) is 5.11 Å². The van der Waals surface area contributed by atoms with Gasteiger partial charge in [-0.1, -0.05) is 18.3 Å². The van der Waals surface area contributed by atoms with E-state index in [9.17, 15) is 9.59 Å². The number of carboxylic acid groups (broad SMARTS) is 1. The van der Waals surface area contributed by atoms with Crippen LogP contribution in [-0.2, 0) is 4.79 Å². The number of carbonyl (C=O) groups is 2. The molecule has 7 heteroatoms. The highest BCUT2D eigenvalue weighted by atomic mass is 32.1. The average molecular weight is 271 g/mol. The number of carboxylic acids is 1. The first-order chi connectivity index (χ1) is 8.41. The molecule has 0 aliphatic carbocycles. The number of hydrogen-bond donors (Lipinski definition) is 2. The summed E-state index contributed by atoms with van der Waals surface area (Å²) in [5.41, 5.74) is 0.217. The Hall–Kier alpha value is -1.50. The van der Waals surface area contributed by atoms with Crippen LogP contribution in [0.2, 0.25) is 0 Å². The second-order valence-corrected chi connectivity index (χ2v) is 5.46. The van der Waals surface area contributed by atoms with Gasteiger partial charge in [-0.3, -0.25) is 9.59 Å². The highest BCUT2D eigenvalue weighted by Gasteiger charge is 2.19. The van der Waals surface area contributed by atoms with Crippen molar-refractivity contribution in [1.29, 1.82) is 0 Å². The summed E-state index contributed by atoms with van der Waals surface area (Å²) in [7, 11) is 0. The first-order valence-corrected chi connectivity index (χ1v) is 6.51. The fourth-order valence-corrected chi connectivity index (χ4v) is 1.88. The molecule has 0 radical (unpaired) electrons. The fourth-order valence-electron chi connectivity index (χ4n) is 1.44. The molecule has 0 aromatic carbocycles. The third-order valence-corrected chi connectivity index (χ3v) is 3.20. The summed E-state index contributed by atoms with van der Waals surface area (Å²) in [6.45, 7) is 4.49. The van der Waals surface area contributed by atoms with E-state index in [-0.39, 0.29) is 17.7 Å². The van der Waals surface area contributed by atoms with Crippen LogP contribution in [0.25, 0.3) is 0 Å². The van der Waals surface area contributed by atoms with Crippen LogP contribution >= 0.6 is 11.5 Å². The third-order valence-electron chi connectivity index (χ3n) is 2.70. The van der Waals surface area contributed by atoms with Gasteiger partial charge in [0.25, 0.3) is 5.91 Å². The Morgan fingerprint density at radius 3 is 2.72 bits per heavy atom. The van der Waals surface area contributed by atoms with Gasteiger partial charge < -0.3 is 10.4 Å². The average Bonchev–Trinajstić information content (AvgIpc) is 2.79. The lowest BCUT2D eigenvalue weighted by Crippen LogP contribution is -2.28. The molecule has 1 amide bonds. The molecule has 0 saturated heterocycles. The molecule has 1 heterocycles. The lowest BCUT2D eigenvalue weighted by Gasteiger charge is -2.23. The molecule has 0 saturated carbocycles. The van der Waals surface area contributed by atoms with Crippen LogP contribution in [0.4, 0.5) is 0 Å². The van der Waals surface area contributed by atoms with Crippen LogP contribution in [0.5, 0.6) is 0 Å². The van der Waals surface area contributed by atoms with Gasteiger partial charge in [0.15, 0.2) is 5.69 Å². The largest absolute Gasteiger partial charge is 0.481 e. The molecule has 6 nitrogen and oxygen atoms in total. The Balaban J connectivity index is 2.28. The van der Waals surface area contributed by atoms with E-state index in [1.54, 1.807) is 5.38 Å². The van der Waals surface area contributed by atoms with Crippen molar-refractivity contribution in [3.8, 4) is 0 Å². The quantitative estimate of drug-likeness (QED) is 0.785. The number of aromatic nitrogens is 2. The molecule has 1 aromatic rings. The summed E-state index contributed by atoms with van der Waals surface area (Å²) in [4.78, 5) is 22.1. The Morgan fingerprint density at radius 2 is 2.17 bits per heavy atom. The number of rotatable bonds is 7. The van der Waals surface area contributed by atoms with Crippen molar-refractivity contribution in [3.63, 3.8) is 0 Å². The maximum absolute atomic E-state index is 11.6. The van der Waals surface area contributed by atoms with E-state index in [1.165, 1.54) is 0 Å². The highest BCUT2D eigenvalue weighted by molar-refractivity contribution is 7.03. The minimum atomic E-state index is -0.791. The van der Waals surface area contributed by atoms with Gasteiger partial charge in [-0.05, 0) is 29.8 Å². The summed E-state index contributed by atoms with van der Waals surface area (Å²) in [6, 6.07) is 0. The standard InChI is InChI=1S/C11H17N3O3S/c1-11(2,4-3-9(15)16)5-6-12-10(17)8-7-18-14-13-8/h7H,3-6H2,1-2H3,(H,12,17)(H,15,16). The smallest absolute Gasteiger partial charge is 0.303 e. The SMILES string of the molecule is CC(C)(CCNC(=O)c1csnn1)CCC(=O)O. The van der Waals surface area contributed by atoms with Gasteiger partial charge >= 0.3 is 5.97 Å². The van der Waals surface area contributed by atoms with E-state index in [0.29, 0.717) is 18.7 Å². The summed E-state index contributed by atoms with van der Waals surface area (Å²) < 4.78 is 3.61. The number of hydrogen-bond acceptors (Lipinski definition) is 5. The second-order valence-electron chi connectivity index (χ2n) is 4.85. The van der Waals surface area contributed by atoms with Crippen molar-refractivity contribution in [3.05, 3.63) is 11.1 Å². The zero-order chi connectivity index (χ0) is 13.6. The van der Waals surface area contributed by atoms with Crippen molar-refractivity contribution in [2.24, 2.45) is 5.41 Å². The number of carbonyl (C=O) groups excluding carboxylic acids is 1. The van der Waals surface area contributed by atoms with E-state index < -0.39 is 5.97 Å². The zero-order valence-corrected chi connectivity index (χ0v) is 11.3. The van der Waals surface area contributed by atoms with Crippen molar-refractivity contribution in [2.75, 3.05) is 6.54 Å². The van der Waals surface area contributed by atoms with Crippen molar-refractivity contribution < 1.29 is 14.7 Å². The highest BCUT2D eigenvalue weighted by Crippen LogP contribution is 2.25.